The average molecular weight is 501 g/mol. The fourth-order valence-electron chi connectivity index (χ4n) is 5.48. The van der Waals surface area contributed by atoms with Crippen molar-refractivity contribution in [3.63, 3.8) is 0 Å². The molecule has 0 heterocycles. The fraction of sp³-hybridized carbons (Fsp3) is 0.179. The van der Waals surface area contributed by atoms with Crippen molar-refractivity contribution in [1.29, 1.82) is 0 Å². The van der Waals surface area contributed by atoms with Crippen LogP contribution in [0.4, 0.5) is 0 Å². The number of hydrogen-bond donors (Lipinski definition) is 0. The van der Waals surface area contributed by atoms with E-state index in [9.17, 15) is 14.4 Å². The molecule has 5 rings (SSSR count). The number of methoxy groups -OCH3 is 1. The maximum absolute atomic E-state index is 14.2. The zero-order valence-electron chi connectivity index (χ0n) is 18.0. The molecule has 0 aromatic heterocycles. The molecule has 2 aliphatic rings. The number of halogens is 1. The first-order valence-corrected chi connectivity index (χ1v) is 11.6. The van der Waals surface area contributed by atoms with Gasteiger partial charge in [-0.1, -0.05) is 88.7 Å². The Labute approximate surface area is 200 Å². The van der Waals surface area contributed by atoms with Crippen molar-refractivity contribution in [3.05, 3.63) is 117 Å². The van der Waals surface area contributed by atoms with Crippen LogP contribution in [-0.4, -0.2) is 24.6 Å². The lowest BCUT2D eigenvalue weighted by Crippen LogP contribution is -2.48. The number of esters is 1. The van der Waals surface area contributed by atoms with E-state index in [0.29, 0.717) is 17.5 Å². The quantitative estimate of drug-likeness (QED) is 0.332. The third-order valence-corrected chi connectivity index (χ3v) is 7.39. The van der Waals surface area contributed by atoms with Gasteiger partial charge in [-0.15, -0.1) is 0 Å². The van der Waals surface area contributed by atoms with Crippen LogP contribution in [-0.2, 0) is 9.53 Å². The predicted octanol–water partition coefficient (Wildman–Crippen LogP) is 5.89. The van der Waals surface area contributed by atoms with Crippen LogP contribution in [0.1, 0.15) is 50.1 Å². The molecule has 4 nitrogen and oxygen atoms in total. The highest BCUT2D eigenvalue weighted by Gasteiger charge is 2.64. The second kappa shape index (κ2) is 8.23. The normalized spacial score (nSPS) is 21.0. The number of fused-ring (bicyclic) bond motifs is 1. The molecule has 5 heteroatoms. The summed E-state index contributed by atoms with van der Waals surface area (Å²) < 4.78 is 5.99. The zero-order chi connectivity index (χ0) is 23.2. The van der Waals surface area contributed by atoms with Crippen LogP contribution in [0.5, 0.6) is 0 Å². The molecule has 0 amide bonds. The van der Waals surface area contributed by atoms with Crippen molar-refractivity contribution < 1.29 is 19.1 Å². The Morgan fingerprint density at radius 2 is 1.42 bits per heavy atom. The summed E-state index contributed by atoms with van der Waals surface area (Å²) in [5.41, 5.74) is 1.01. The Kier molecular flexibility index (Phi) is 5.37. The summed E-state index contributed by atoms with van der Waals surface area (Å²) in [4.78, 5) is 41.4. The summed E-state index contributed by atoms with van der Waals surface area (Å²) >= 11 is 3.48. The minimum atomic E-state index is -1.68. The molecule has 33 heavy (non-hydrogen) atoms. The molecule has 0 radical (unpaired) electrons. The standard InChI is InChI=1S/C28H21BrO4/c1-33-27(32)23-16-15-20(17-7-3-2-4-8-17)24(18-11-13-19(29)14-12-18)28(23)25(30)21-9-5-6-10-22(21)26(28)31/h2-14,16,20,24H,15H2,1H3/t20-,24-/m0/s1. The van der Waals surface area contributed by atoms with E-state index in [1.807, 2.05) is 54.6 Å². The van der Waals surface area contributed by atoms with E-state index in [-0.39, 0.29) is 23.1 Å². The monoisotopic (exact) mass is 500 g/mol. The molecule has 2 aliphatic carbocycles. The average Bonchev–Trinajstić information content (AvgIpc) is 3.07. The van der Waals surface area contributed by atoms with Crippen LogP contribution in [0.15, 0.2) is 95.0 Å². The van der Waals surface area contributed by atoms with Gasteiger partial charge in [0.05, 0.1) is 12.7 Å². The van der Waals surface area contributed by atoms with Crippen molar-refractivity contribution in [1.82, 2.24) is 0 Å². The summed E-state index contributed by atoms with van der Waals surface area (Å²) in [5, 5.41) is 0. The van der Waals surface area contributed by atoms with E-state index in [1.165, 1.54) is 7.11 Å². The molecule has 1 spiro atoms. The van der Waals surface area contributed by atoms with E-state index >= 15 is 0 Å². The Morgan fingerprint density at radius 1 is 0.848 bits per heavy atom. The van der Waals surface area contributed by atoms with Crippen LogP contribution < -0.4 is 0 Å². The molecule has 3 aromatic rings. The van der Waals surface area contributed by atoms with Gasteiger partial charge in [-0.05, 0) is 35.6 Å². The third kappa shape index (κ3) is 3.14. The first kappa shape index (κ1) is 21.5. The predicted molar refractivity (Wildman–Crippen MR) is 128 cm³/mol. The molecule has 0 N–H and O–H groups in total. The number of Topliss-reactive ketones (excluding diaryl/α,β-unsaturated/α-hetero) is 2. The number of hydrogen-bond acceptors (Lipinski definition) is 4. The SMILES string of the molecule is COC(=O)C1=CC[C@@H](c2ccccc2)[C@H](c2ccc(Br)cc2)C12C(=O)c1ccccc1C2=O. The molecule has 0 aliphatic heterocycles. The van der Waals surface area contributed by atoms with E-state index in [0.717, 1.165) is 15.6 Å². The smallest absolute Gasteiger partial charge is 0.334 e. The molecular formula is C28H21BrO4. The van der Waals surface area contributed by atoms with Crippen molar-refractivity contribution >= 4 is 33.5 Å². The number of rotatable bonds is 3. The number of ketones is 2. The summed E-state index contributed by atoms with van der Waals surface area (Å²) in [5.74, 6) is -2.07. The van der Waals surface area contributed by atoms with Gasteiger partial charge in [-0.2, -0.15) is 0 Å². The highest BCUT2D eigenvalue weighted by atomic mass is 79.9. The summed E-state index contributed by atoms with van der Waals surface area (Å²) in [7, 11) is 1.28. The van der Waals surface area contributed by atoms with Crippen molar-refractivity contribution in [2.24, 2.45) is 5.41 Å². The van der Waals surface area contributed by atoms with Crippen LogP contribution in [0.25, 0.3) is 0 Å². The molecule has 164 valence electrons. The maximum atomic E-state index is 14.2. The van der Waals surface area contributed by atoms with Crippen LogP contribution in [0.2, 0.25) is 0 Å². The fourth-order valence-corrected chi connectivity index (χ4v) is 5.75. The first-order valence-electron chi connectivity index (χ1n) is 10.8. The number of carbonyl (C=O) groups excluding carboxylic acids is 3. The van der Waals surface area contributed by atoms with Gasteiger partial charge in [-0.25, -0.2) is 4.79 Å². The van der Waals surface area contributed by atoms with Crippen molar-refractivity contribution in [2.45, 2.75) is 18.3 Å². The highest BCUT2D eigenvalue weighted by Crippen LogP contribution is 2.60. The van der Waals surface area contributed by atoms with Crippen molar-refractivity contribution in [3.8, 4) is 0 Å². The maximum Gasteiger partial charge on any atom is 0.334 e. The summed E-state index contributed by atoms with van der Waals surface area (Å²) in [6, 6.07) is 24.4. The second-order valence-corrected chi connectivity index (χ2v) is 9.32. The first-order chi connectivity index (χ1) is 16.0. The molecule has 2 atom stereocenters. The van der Waals surface area contributed by atoms with Gasteiger partial charge in [0, 0.05) is 21.5 Å². The Morgan fingerprint density at radius 3 is 2.00 bits per heavy atom. The minimum absolute atomic E-state index is 0.135. The Hall–Kier alpha value is -3.31. The number of allylic oxidation sites excluding steroid dienone is 1. The summed E-state index contributed by atoms with van der Waals surface area (Å²) in [6.45, 7) is 0. The lowest BCUT2D eigenvalue weighted by atomic mass is 9.55. The minimum Gasteiger partial charge on any atom is -0.466 e. The Bertz CT molecular complexity index is 1260. The molecule has 0 unspecified atom stereocenters. The van der Waals surface area contributed by atoms with Gasteiger partial charge in [0.2, 0.25) is 0 Å². The van der Waals surface area contributed by atoms with Gasteiger partial charge < -0.3 is 4.74 Å². The van der Waals surface area contributed by atoms with Crippen LogP contribution in [0.3, 0.4) is 0 Å². The van der Waals surface area contributed by atoms with Gasteiger partial charge in [0.15, 0.2) is 11.6 Å². The van der Waals surface area contributed by atoms with Gasteiger partial charge in [-0.3, -0.25) is 9.59 Å². The largest absolute Gasteiger partial charge is 0.466 e. The zero-order valence-corrected chi connectivity index (χ0v) is 19.5. The van der Waals surface area contributed by atoms with E-state index in [1.54, 1.807) is 30.3 Å². The lowest BCUT2D eigenvalue weighted by molar-refractivity contribution is -0.137. The van der Waals surface area contributed by atoms with E-state index in [2.05, 4.69) is 15.9 Å². The highest BCUT2D eigenvalue weighted by molar-refractivity contribution is 9.10. The van der Waals surface area contributed by atoms with Gasteiger partial charge >= 0.3 is 5.97 Å². The molecule has 0 saturated heterocycles. The van der Waals surface area contributed by atoms with Crippen molar-refractivity contribution in [2.75, 3.05) is 7.11 Å². The number of benzene rings is 3. The second-order valence-electron chi connectivity index (χ2n) is 8.40. The molecule has 0 fully saturated rings. The topological polar surface area (TPSA) is 60.4 Å². The molecular weight excluding hydrogens is 480 g/mol. The van der Waals surface area contributed by atoms with E-state index < -0.39 is 17.3 Å². The molecule has 0 bridgehead atoms. The van der Waals surface area contributed by atoms with Gasteiger partial charge in [0.25, 0.3) is 0 Å². The molecule has 3 aromatic carbocycles. The van der Waals surface area contributed by atoms with Crippen LogP contribution in [0, 0.1) is 5.41 Å². The number of ether oxygens (including phenoxy) is 1. The summed E-state index contributed by atoms with van der Waals surface area (Å²) in [6.07, 6.45) is 2.24. The lowest BCUT2D eigenvalue weighted by Gasteiger charge is -2.44. The molecule has 0 saturated carbocycles. The van der Waals surface area contributed by atoms with Crippen LogP contribution >= 0.6 is 15.9 Å². The van der Waals surface area contributed by atoms with E-state index in [4.69, 9.17) is 4.74 Å². The van der Waals surface area contributed by atoms with Gasteiger partial charge in [0.1, 0.15) is 5.41 Å². The number of carbonyl (C=O) groups is 3. The Balaban J connectivity index is 1.84. The third-order valence-electron chi connectivity index (χ3n) is 6.86.